The van der Waals surface area contributed by atoms with Crippen LogP contribution in [0.2, 0.25) is 10.0 Å². The third-order valence-corrected chi connectivity index (χ3v) is 6.07. The first kappa shape index (κ1) is 22.7. The summed E-state index contributed by atoms with van der Waals surface area (Å²) in [7, 11) is -3.72. The Balaban J connectivity index is 2.13. The molecule has 0 radical (unpaired) electrons. The summed E-state index contributed by atoms with van der Waals surface area (Å²) in [6.07, 6.45) is 0.164. The van der Waals surface area contributed by atoms with Gasteiger partial charge in [-0.1, -0.05) is 49.2 Å². The molecule has 0 bridgehead atoms. The lowest BCUT2D eigenvalue weighted by molar-refractivity contribution is -0.121. The molecule has 0 unspecified atom stereocenters. The van der Waals surface area contributed by atoms with Gasteiger partial charge in [0.2, 0.25) is 15.9 Å². The van der Waals surface area contributed by atoms with Crippen molar-refractivity contribution in [3.8, 4) is 0 Å². The molecule has 1 atom stereocenters. The lowest BCUT2D eigenvalue weighted by Gasteiger charge is -2.19. The van der Waals surface area contributed by atoms with Crippen molar-refractivity contribution in [3.05, 3.63) is 64.1 Å². The summed E-state index contributed by atoms with van der Waals surface area (Å²) in [5.41, 5.74) is 0.836. The molecule has 0 heterocycles. The summed E-state index contributed by atoms with van der Waals surface area (Å²) < 4.78 is 27.7. The predicted molar refractivity (Wildman–Crippen MR) is 113 cm³/mol. The van der Waals surface area contributed by atoms with E-state index in [4.69, 9.17) is 23.2 Å². The number of carbonyl (C=O) groups excluding carboxylic acids is 1. The maximum absolute atomic E-state index is 12.6. The summed E-state index contributed by atoms with van der Waals surface area (Å²) in [5.74, 6) is -0.118. The van der Waals surface area contributed by atoms with Gasteiger partial charge in [0.25, 0.3) is 0 Å². The average molecular weight is 443 g/mol. The molecular formula is C20H24Cl2N2O3S. The molecule has 0 saturated carbocycles. The number of hydrogen-bond donors (Lipinski definition) is 2. The number of halogens is 2. The zero-order chi connectivity index (χ0) is 20.7. The number of nitrogens with one attached hydrogen (secondary N) is 2. The van der Waals surface area contributed by atoms with Crippen LogP contribution in [0.15, 0.2) is 53.4 Å². The van der Waals surface area contributed by atoms with E-state index in [0.29, 0.717) is 22.5 Å². The third kappa shape index (κ3) is 7.09. The lowest BCUT2D eigenvalue weighted by atomic mass is 9.95. The van der Waals surface area contributed by atoms with Crippen molar-refractivity contribution >= 4 is 39.1 Å². The molecule has 152 valence electrons. The number of benzene rings is 2. The van der Waals surface area contributed by atoms with Crippen LogP contribution in [-0.2, 0) is 14.8 Å². The molecule has 0 spiro atoms. The van der Waals surface area contributed by atoms with Crippen LogP contribution < -0.4 is 10.0 Å². The summed E-state index contributed by atoms with van der Waals surface area (Å²) in [6, 6.07) is 13.0. The van der Waals surface area contributed by atoms with Crippen molar-refractivity contribution in [1.29, 1.82) is 0 Å². The van der Waals surface area contributed by atoms with Crippen molar-refractivity contribution < 1.29 is 13.2 Å². The second kappa shape index (κ2) is 10.3. The van der Waals surface area contributed by atoms with Gasteiger partial charge in [0.1, 0.15) is 0 Å². The molecule has 0 aliphatic rings. The Labute approximate surface area is 176 Å². The van der Waals surface area contributed by atoms with E-state index in [1.165, 1.54) is 24.3 Å². The first-order chi connectivity index (χ1) is 13.2. The van der Waals surface area contributed by atoms with Crippen LogP contribution in [0.3, 0.4) is 0 Å². The minimum Gasteiger partial charge on any atom is -0.356 e. The normalized spacial score (nSPS) is 12.8. The minimum atomic E-state index is -3.72. The first-order valence-corrected chi connectivity index (χ1v) is 11.2. The van der Waals surface area contributed by atoms with Crippen LogP contribution in [0.1, 0.15) is 31.7 Å². The van der Waals surface area contributed by atoms with Crippen molar-refractivity contribution in [3.63, 3.8) is 0 Å². The molecule has 0 saturated heterocycles. The van der Waals surface area contributed by atoms with Crippen LogP contribution >= 0.6 is 23.2 Å². The summed E-state index contributed by atoms with van der Waals surface area (Å²) in [5, 5.41) is 3.91. The molecule has 0 fully saturated rings. The molecule has 1 amide bonds. The van der Waals surface area contributed by atoms with E-state index in [9.17, 15) is 13.2 Å². The Hall–Kier alpha value is -1.60. The molecule has 0 aliphatic heterocycles. The highest BCUT2D eigenvalue weighted by atomic mass is 35.5. The van der Waals surface area contributed by atoms with Crippen LogP contribution in [0, 0.1) is 5.92 Å². The smallest absolute Gasteiger partial charge is 0.240 e. The Bertz CT molecular complexity index is 883. The maximum atomic E-state index is 12.6. The van der Waals surface area contributed by atoms with Gasteiger partial charge in [-0.3, -0.25) is 4.79 Å². The number of rotatable bonds is 9. The van der Waals surface area contributed by atoms with Crippen LogP contribution in [0.4, 0.5) is 0 Å². The fourth-order valence-corrected chi connectivity index (χ4v) is 3.90. The topological polar surface area (TPSA) is 75.3 Å². The summed E-state index contributed by atoms with van der Waals surface area (Å²) in [6.45, 7) is 4.68. The van der Waals surface area contributed by atoms with E-state index in [1.807, 2.05) is 13.8 Å². The highest BCUT2D eigenvalue weighted by Crippen LogP contribution is 2.22. The standard InChI is InChI=1S/C20H24Cl2N2O3S/c1-14(2)12-23-20(25)11-16(15-3-5-17(21)6-4-15)13-24-28(26,27)19-9-7-18(22)8-10-19/h3-10,14,16,24H,11-13H2,1-2H3,(H,23,25)/t16-/m1/s1. The van der Waals surface area contributed by atoms with Crippen LogP contribution in [0.25, 0.3) is 0 Å². The fourth-order valence-electron chi connectivity index (χ4n) is 2.56. The van der Waals surface area contributed by atoms with Gasteiger partial charge in [0.15, 0.2) is 0 Å². The van der Waals surface area contributed by atoms with E-state index in [0.717, 1.165) is 5.56 Å². The molecule has 2 aromatic carbocycles. The molecule has 2 rings (SSSR count). The van der Waals surface area contributed by atoms with Gasteiger partial charge >= 0.3 is 0 Å². The zero-order valence-electron chi connectivity index (χ0n) is 15.8. The zero-order valence-corrected chi connectivity index (χ0v) is 18.1. The van der Waals surface area contributed by atoms with E-state index in [1.54, 1.807) is 24.3 Å². The van der Waals surface area contributed by atoms with Gasteiger partial charge in [-0.15, -0.1) is 0 Å². The monoisotopic (exact) mass is 442 g/mol. The van der Waals surface area contributed by atoms with Crippen molar-refractivity contribution in [1.82, 2.24) is 10.0 Å². The number of carbonyl (C=O) groups is 1. The van der Waals surface area contributed by atoms with Gasteiger partial charge in [-0.2, -0.15) is 0 Å². The van der Waals surface area contributed by atoms with E-state index in [-0.39, 0.29) is 29.7 Å². The van der Waals surface area contributed by atoms with Crippen molar-refractivity contribution in [2.45, 2.75) is 31.1 Å². The van der Waals surface area contributed by atoms with E-state index < -0.39 is 10.0 Å². The number of hydrogen-bond acceptors (Lipinski definition) is 3. The first-order valence-electron chi connectivity index (χ1n) is 8.95. The molecule has 2 N–H and O–H groups in total. The van der Waals surface area contributed by atoms with Gasteiger partial charge in [-0.25, -0.2) is 13.1 Å². The second-order valence-corrected chi connectivity index (χ2v) is 9.60. The van der Waals surface area contributed by atoms with Gasteiger partial charge in [0, 0.05) is 35.5 Å². The second-order valence-electron chi connectivity index (χ2n) is 6.96. The maximum Gasteiger partial charge on any atom is 0.240 e. The lowest BCUT2D eigenvalue weighted by Crippen LogP contribution is -2.33. The molecule has 0 aromatic heterocycles. The molecule has 28 heavy (non-hydrogen) atoms. The van der Waals surface area contributed by atoms with Crippen molar-refractivity contribution in [2.24, 2.45) is 5.92 Å². The fraction of sp³-hybridized carbons (Fsp3) is 0.350. The SMILES string of the molecule is CC(C)CNC(=O)C[C@H](CNS(=O)(=O)c1ccc(Cl)cc1)c1ccc(Cl)cc1. The summed E-state index contributed by atoms with van der Waals surface area (Å²) in [4.78, 5) is 12.4. The molecular weight excluding hydrogens is 419 g/mol. The predicted octanol–water partition coefficient (Wildman–Crippen LogP) is 4.22. The molecule has 5 nitrogen and oxygen atoms in total. The third-order valence-electron chi connectivity index (χ3n) is 4.12. The van der Waals surface area contributed by atoms with Crippen LogP contribution in [-0.4, -0.2) is 27.4 Å². The Morgan fingerprint density at radius 1 is 0.929 bits per heavy atom. The van der Waals surface area contributed by atoms with E-state index in [2.05, 4.69) is 10.0 Å². The number of sulfonamides is 1. The Morgan fingerprint density at radius 3 is 2.00 bits per heavy atom. The summed E-state index contributed by atoms with van der Waals surface area (Å²) >= 11 is 11.8. The molecule has 0 aliphatic carbocycles. The number of amides is 1. The Morgan fingerprint density at radius 2 is 1.46 bits per heavy atom. The van der Waals surface area contributed by atoms with E-state index >= 15 is 0 Å². The minimum absolute atomic E-state index is 0.0850. The van der Waals surface area contributed by atoms with Gasteiger partial charge in [-0.05, 0) is 47.9 Å². The van der Waals surface area contributed by atoms with Gasteiger partial charge < -0.3 is 5.32 Å². The highest BCUT2D eigenvalue weighted by molar-refractivity contribution is 7.89. The molecule has 2 aromatic rings. The average Bonchev–Trinajstić information content (AvgIpc) is 2.64. The van der Waals surface area contributed by atoms with Crippen molar-refractivity contribution in [2.75, 3.05) is 13.1 Å². The van der Waals surface area contributed by atoms with Crippen LogP contribution in [0.5, 0.6) is 0 Å². The molecule has 8 heteroatoms. The van der Waals surface area contributed by atoms with Gasteiger partial charge in [0.05, 0.1) is 4.90 Å². The highest BCUT2D eigenvalue weighted by Gasteiger charge is 2.21. The largest absolute Gasteiger partial charge is 0.356 e. The quantitative estimate of drug-likeness (QED) is 0.610. The Kier molecular flexibility index (Phi) is 8.31.